The maximum atomic E-state index is 14.9. The van der Waals surface area contributed by atoms with Gasteiger partial charge in [-0.25, -0.2) is 9.37 Å². The van der Waals surface area contributed by atoms with Crippen molar-refractivity contribution in [1.29, 1.82) is 0 Å². The van der Waals surface area contributed by atoms with Crippen LogP contribution in [0.1, 0.15) is 52.7 Å². The third-order valence-corrected chi connectivity index (χ3v) is 7.21. The van der Waals surface area contributed by atoms with E-state index in [1.54, 1.807) is 36.5 Å². The first-order valence-corrected chi connectivity index (χ1v) is 13.6. The molecule has 0 aliphatic rings. The molecular weight excluding hydrogens is 495 g/mol. The van der Waals surface area contributed by atoms with Crippen molar-refractivity contribution in [2.24, 2.45) is 0 Å². The van der Waals surface area contributed by atoms with Crippen LogP contribution in [0.2, 0.25) is 0 Å². The molecule has 0 saturated heterocycles. The van der Waals surface area contributed by atoms with Crippen molar-refractivity contribution in [3.05, 3.63) is 114 Å². The molecule has 0 aliphatic carbocycles. The normalized spacial score (nSPS) is 12.0. The smallest absolute Gasteiger partial charge is 0.132 e. The Kier molecular flexibility index (Phi) is 7.05. The summed E-state index contributed by atoms with van der Waals surface area (Å²) in [4.78, 5) is 9.32. The van der Waals surface area contributed by atoms with Crippen LogP contribution < -0.4 is 0 Å². The summed E-state index contributed by atoms with van der Waals surface area (Å²) in [5, 5.41) is 10.7. The van der Waals surface area contributed by atoms with E-state index in [9.17, 15) is 9.50 Å². The van der Waals surface area contributed by atoms with Crippen LogP contribution in [-0.2, 0) is 10.8 Å². The van der Waals surface area contributed by atoms with E-state index in [1.165, 1.54) is 17.2 Å². The number of phenols is 1. The fourth-order valence-electron chi connectivity index (χ4n) is 4.74. The Labute approximate surface area is 236 Å². The number of para-hydroxylation sites is 1. The predicted octanol–water partition coefficient (Wildman–Crippen LogP) is 9.58. The highest BCUT2D eigenvalue weighted by Gasteiger charge is 2.22. The first kappa shape index (κ1) is 27.3. The number of rotatable bonds is 4. The number of hydrogen-bond acceptors (Lipinski definition) is 3. The zero-order chi connectivity index (χ0) is 28.7. The Morgan fingerprint density at radius 1 is 0.575 bits per heavy atom. The van der Waals surface area contributed by atoms with Gasteiger partial charge in [0.05, 0.1) is 17.1 Å². The molecule has 0 atom stereocenters. The summed E-state index contributed by atoms with van der Waals surface area (Å²) in [7, 11) is 0. The molecule has 0 spiro atoms. The van der Waals surface area contributed by atoms with Crippen molar-refractivity contribution < 1.29 is 9.50 Å². The first-order chi connectivity index (χ1) is 18.9. The Balaban J connectivity index is 1.77. The SMILES string of the molecule is CC(C)(C)c1cc(-c2cc(-c3ccc(F)c(-c4ccccn4)c3)nc(-c3ccccc3O)c2)cc(C(C)(C)C)c1. The average molecular weight is 531 g/mol. The van der Waals surface area contributed by atoms with Gasteiger partial charge >= 0.3 is 0 Å². The van der Waals surface area contributed by atoms with Gasteiger partial charge in [-0.05, 0) is 87.7 Å². The molecule has 5 rings (SSSR count). The van der Waals surface area contributed by atoms with E-state index in [4.69, 9.17) is 4.98 Å². The van der Waals surface area contributed by atoms with Crippen LogP contribution in [0.15, 0.2) is 97.2 Å². The number of nitrogens with zero attached hydrogens (tertiary/aromatic N) is 2. The van der Waals surface area contributed by atoms with Gasteiger partial charge in [0, 0.05) is 22.9 Å². The summed E-state index contributed by atoms with van der Waals surface area (Å²) >= 11 is 0. The fourth-order valence-corrected chi connectivity index (χ4v) is 4.74. The molecule has 3 nitrogen and oxygen atoms in total. The van der Waals surface area contributed by atoms with E-state index in [2.05, 4.69) is 64.7 Å². The third kappa shape index (κ3) is 5.67. The highest BCUT2D eigenvalue weighted by molar-refractivity contribution is 5.80. The van der Waals surface area contributed by atoms with Crippen molar-refractivity contribution in [1.82, 2.24) is 9.97 Å². The monoisotopic (exact) mass is 530 g/mol. The van der Waals surface area contributed by atoms with Gasteiger partial charge in [-0.1, -0.05) is 77.9 Å². The third-order valence-electron chi connectivity index (χ3n) is 7.21. The molecule has 0 saturated carbocycles. The van der Waals surface area contributed by atoms with Gasteiger partial charge in [-0.15, -0.1) is 0 Å². The lowest BCUT2D eigenvalue weighted by Crippen LogP contribution is -2.16. The molecule has 3 aromatic carbocycles. The molecule has 0 amide bonds. The second-order valence-corrected chi connectivity index (χ2v) is 12.4. The molecule has 5 aromatic rings. The molecule has 0 unspecified atom stereocenters. The van der Waals surface area contributed by atoms with E-state index in [-0.39, 0.29) is 22.4 Å². The number of aromatic hydroxyl groups is 1. The van der Waals surface area contributed by atoms with E-state index >= 15 is 0 Å². The van der Waals surface area contributed by atoms with Gasteiger partial charge in [-0.2, -0.15) is 0 Å². The van der Waals surface area contributed by atoms with E-state index in [0.717, 1.165) is 16.7 Å². The van der Waals surface area contributed by atoms with Crippen molar-refractivity contribution >= 4 is 0 Å². The maximum absolute atomic E-state index is 14.9. The van der Waals surface area contributed by atoms with Crippen LogP contribution in [0.3, 0.4) is 0 Å². The van der Waals surface area contributed by atoms with E-state index in [0.29, 0.717) is 28.2 Å². The number of hydrogen-bond donors (Lipinski definition) is 1. The lowest BCUT2D eigenvalue weighted by molar-refractivity contribution is 0.477. The summed E-state index contributed by atoms with van der Waals surface area (Å²) in [6.45, 7) is 13.3. The molecule has 0 fully saturated rings. The van der Waals surface area contributed by atoms with Crippen molar-refractivity contribution in [3.63, 3.8) is 0 Å². The van der Waals surface area contributed by atoms with Crippen LogP contribution in [0.5, 0.6) is 5.75 Å². The fraction of sp³-hybridized carbons (Fsp3) is 0.222. The molecule has 40 heavy (non-hydrogen) atoms. The summed E-state index contributed by atoms with van der Waals surface area (Å²) in [6.07, 6.45) is 1.66. The van der Waals surface area contributed by atoms with Crippen LogP contribution in [-0.4, -0.2) is 15.1 Å². The number of pyridine rings is 2. The molecule has 0 aliphatic heterocycles. The molecule has 0 radical (unpaired) electrons. The second kappa shape index (κ2) is 10.3. The van der Waals surface area contributed by atoms with E-state index < -0.39 is 0 Å². The maximum Gasteiger partial charge on any atom is 0.132 e. The Morgan fingerprint density at radius 3 is 1.82 bits per heavy atom. The number of halogens is 1. The Hall–Kier alpha value is -4.31. The predicted molar refractivity (Wildman–Crippen MR) is 163 cm³/mol. The summed E-state index contributed by atoms with van der Waals surface area (Å²) in [6, 6.07) is 28.5. The summed E-state index contributed by atoms with van der Waals surface area (Å²) < 4.78 is 14.9. The van der Waals surface area contributed by atoms with Gasteiger partial charge in [0.15, 0.2) is 0 Å². The molecule has 4 heteroatoms. The molecule has 1 N–H and O–H groups in total. The minimum absolute atomic E-state index is 0.0407. The van der Waals surface area contributed by atoms with Gasteiger partial charge in [0.25, 0.3) is 0 Å². The van der Waals surface area contributed by atoms with Gasteiger partial charge in [0.2, 0.25) is 0 Å². The number of phenolic OH excluding ortho intramolecular Hbond substituents is 1. The van der Waals surface area contributed by atoms with Crippen molar-refractivity contribution in [2.45, 2.75) is 52.4 Å². The van der Waals surface area contributed by atoms with Crippen molar-refractivity contribution in [2.75, 3.05) is 0 Å². The lowest BCUT2D eigenvalue weighted by Gasteiger charge is -2.26. The number of aromatic nitrogens is 2. The van der Waals surface area contributed by atoms with Gasteiger partial charge < -0.3 is 5.11 Å². The minimum atomic E-state index is -0.341. The molecule has 202 valence electrons. The Bertz CT molecular complexity index is 1650. The quantitative estimate of drug-likeness (QED) is 0.252. The highest BCUT2D eigenvalue weighted by atomic mass is 19.1. The van der Waals surface area contributed by atoms with Crippen LogP contribution in [0.4, 0.5) is 4.39 Å². The van der Waals surface area contributed by atoms with Crippen LogP contribution in [0.25, 0.3) is 44.9 Å². The topological polar surface area (TPSA) is 46.0 Å². The minimum Gasteiger partial charge on any atom is -0.507 e. The molecule has 2 aromatic heterocycles. The average Bonchev–Trinajstić information content (AvgIpc) is 2.92. The van der Waals surface area contributed by atoms with Gasteiger partial charge in [-0.3, -0.25) is 4.98 Å². The molecular formula is C36H35FN2O. The summed E-state index contributed by atoms with van der Waals surface area (Å²) in [5.41, 5.74) is 8.18. The zero-order valence-corrected chi connectivity index (χ0v) is 24.0. The van der Waals surface area contributed by atoms with E-state index in [1.807, 2.05) is 36.4 Å². The first-order valence-electron chi connectivity index (χ1n) is 13.6. The molecule has 2 heterocycles. The van der Waals surface area contributed by atoms with Crippen LogP contribution in [0, 0.1) is 5.82 Å². The van der Waals surface area contributed by atoms with Crippen LogP contribution >= 0.6 is 0 Å². The van der Waals surface area contributed by atoms with Crippen molar-refractivity contribution in [3.8, 4) is 50.6 Å². The largest absolute Gasteiger partial charge is 0.507 e. The highest BCUT2D eigenvalue weighted by Crippen LogP contribution is 2.38. The zero-order valence-electron chi connectivity index (χ0n) is 24.0. The standard InChI is InChI=1S/C36H35FN2O/c1-35(2,3)26-17-24(18-27(22-26)36(4,5)6)25-20-32(39-33(21-25)28-11-7-8-13-34(28)40)23-14-15-30(37)29(19-23)31-12-9-10-16-38-31/h7-22,40H,1-6H3. The number of benzene rings is 3. The Morgan fingerprint density at radius 2 is 1.20 bits per heavy atom. The second-order valence-electron chi connectivity index (χ2n) is 12.4. The molecule has 0 bridgehead atoms. The summed E-state index contributed by atoms with van der Waals surface area (Å²) in [5.74, 6) is -0.183. The van der Waals surface area contributed by atoms with Gasteiger partial charge in [0.1, 0.15) is 11.6 Å². The lowest BCUT2D eigenvalue weighted by atomic mass is 9.79.